The summed E-state index contributed by atoms with van der Waals surface area (Å²) in [7, 11) is 0. The number of nitrogens with two attached hydrogens (primary N) is 1. The summed E-state index contributed by atoms with van der Waals surface area (Å²) < 4.78 is 25.8. The first-order valence-electron chi connectivity index (χ1n) is 11.4. The van der Waals surface area contributed by atoms with Gasteiger partial charge in [-0.25, -0.2) is 4.39 Å². The lowest BCUT2D eigenvalue weighted by atomic mass is 9.91. The van der Waals surface area contributed by atoms with Crippen molar-refractivity contribution in [3.63, 3.8) is 0 Å². The molecule has 0 spiro atoms. The van der Waals surface area contributed by atoms with Crippen molar-refractivity contribution in [3.8, 4) is 17.3 Å². The molecule has 10 nitrogen and oxygen atoms in total. The molecule has 3 aromatic heterocycles. The minimum atomic E-state index is -0.252. The third-order valence-corrected chi connectivity index (χ3v) is 6.55. The zero-order chi connectivity index (χ0) is 23.1. The van der Waals surface area contributed by atoms with Gasteiger partial charge in [0.2, 0.25) is 17.7 Å². The number of furan rings is 1. The number of nitrogen functional groups attached to an aromatic ring is 1. The molecule has 0 aliphatic carbocycles. The van der Waals surface area contributed by atoms with Crippen molar-refractivity contribution in [2.75, 3.05) is 43.4 Å². The first-order valence-corrected chi connectivity index (χ1v) is 11.4. The number of nitrogens with zero attached hydrogens (tertiary/aromatic N) is 7. The zero-order valence-corrected chi connectivity index (χ0v) is 18.5. The topological polar surface area (TPSA) is 111 Å². The highest BCUT2D eigenvalue weighted by Crippen LogP contribution is 2.28. The van der Waals surface area contributed by atoms with E-state index >= 15 is 0 Å². The minimum absolute atomic E-state index is 0.245. The molecule has 0 amide bonds. The fourth-order valence-corrected chi connectivity index (χ4v) is 4.77. The lowest BCUT2D eigenvalue weighted by Gasteiger charge is -2.46. The third kappa shape index (κ3) is 4.03. The van der Waals surface area contributed by atoms with Crippen LogP contribution in [0.1, 0.15) is 12.8 Å². The molecule has 0 radical (unpaired) electrons. The predicted molar refractivity (Wildman–Crippen MR) is 123 cm³/mol. The lowest BCUT2D eigenvalue weighted by molar-refractivity contribution is 0.0725. The van der Waals surface area contributed by atoms with Gasteiger partial charge in [-0.3, -0.25) is 4.90 Å². The van der Waals surface area contributed by atoms with Crippen molar-refractivity contribution >= 4 is 17.7 Å². The molecule has 2 N–H and O–H groups in total. The van der Waals surface area contributed by atoms with E-state index in [0.29, 0.717) is 47.6 Å². The Bertz CT molecular complexity index is 1280. The van der Waals surface area contributed by atoms with Crippen LogP contribution in [-0.2, 0) is 0 Å². The number of hydrogen-bond donors (Lipinski definition) is 1. The number of fused-ring (bicyclic) bond motifs is 2. The fourth-order valence-electron chi connectivity index (χ4n) is 4.77. The van der Waals surface area contributed by atoms with E-state index in [-0.39, 0.29) is 11.8 Å². The van der Waals surface area contributed by atoms with Crippen LogP contribution in [-0.4, -0.2) is 68.3 Å². The number of piperazine rings is 1. The molecule has 11 heteroatoms. The summed E-state index contributed by atoms with van der Waals surface area (Å²) in [6.45, 7) is 4.17. The quantitative estimate of drug-likeness (QED) is 0.476. The van der Waals surface area contributed by atoms with Gasteiger partial charge in [0, 0.05) is 38.1 Å². The summed E-state index contributed by atoms with van der Waals surface area (Å²) in [6, 6.07) is 10.2. The Kier molecular flexibility index (Phi) is 5.25. The molecular formula is C23H25FN8O2. The van der Waals surface area contributed by atoms with Crippen molar-refractivity contribution in [3.05, 3.63) is 48.5 Å². The molecule has 2 atom stereocenters. The minimum Gasteiger partial charge on any atom is -0.493 e. The second-order valence-electron chi connectivity index (χ2n) is 8.81. The van der Waals surface area contributed by atoms with Crippen LogP contribution in [0.5, 0.6) is 5.75 Å². The average Bonchev–Trinajstić information content (AvgIpc) is 3.53. The zero-order valence-electron chi connectivity index (χ0n) is 18.5. The number of hydrogen-bond acceptors (Lipinski definition) is 9. The predicted octanol–water partition coefficient (Wildman–Crippen LogP) is 2.48. The van der Waals surface area contributed by atoms with E-state index < -0.39 is 0 Å². The molecular weight excluding hydrogens is 439 g/mol. The van der Waals surface area contributed by atoms with Gasteiger partial charge >= 0.3 is 0 Å². The average molecular weight is 465 g/mol. The summed E-state index contributed by atoms with van der Waals surface area (Å²) in [4.78, 5) is 18.3. The number of piperidine rings is 1. The second kappa shape index (κ2) is 8.56. The maximum Gasteiger partial charge on any atom is 0.259 e. The fraction of sp³-hybridized carbons (Fsp3) is 0.391. The number of aromatic nitrogens is 5. The summed E-state index contributed by atoms with van der Waals surface area (Å²) in [5.41, 5.74) is 6.18. The lowest BCUT2D eigenvalue weighted by Crippen LogP contribution is -2.57. The van der Waals surface area contributed by atoms with Gasteiger partial charge in [0.1, 0.15) is 11.6 Å². The van der Waals surface area contributed by atoms with Gasteiger partial charge < -0.3 is 19.8 Å². The molecule has 2 aliphatic heterocycles. The van der Waals surface area contributed by atoms with Crippen LogP contribution in [0, 0.1) is 11.7 Å². The Morgan fingerprint density at radius 3 is 2.76 bits per heavy atom. The third-order valence-electron chi connectivity index (χ3n) is 6.55. The van der Waals surface area contributed by atoms with Crippen molar-refractivity contribution in [2.24, 2.45) is 5.92 Å². The molecule has 2 saturated heterocycles. The molecule has 0 saturated carbocycles. The van der Waals surface area contributed by atoms with Crippen LogP contribution < -0.4 is 15.4 Å². The smallest absolute Gasteiger partial charge is 0.259 e. The van der Waals surface area contributed by atoms with Gasteiger partial charge in [-0.1, -0.05) is 0 Å². The highest BCUT2D eigenvalue weighted by molar-refractivity contribution is 5.53. The van der Waals surface area contributed by atoms with Crippen molar-refractivity contribution in [2.45, 2.75) is 18.9 Å². The maximum absolute atomic E-state index is 13.1. The number of rotatable bonds is 5. The summed E-state index contributed by atoms with van der Waals surface area (Å²) in [5, 5.41) is 4.36. The van der Waals surface area contributed by atoms with E-state index in [1.165, 1.54) is 16.6 Å². The van der Waals surface area contributed by atoms with Crippen molar-refractivity contribution in [1.29, 1.82) is 0 Å². The van der Waals surface area contributed by atoms with Crippen LogP contribution in [0.15, 0.2) is 47.1 Å². The van der Waals surface area contributed by atoms with Crippen molar-refractivity contribution in [1.82, 2.24) is 29.5 Å². The first-order chi connectivity index (χ1) is 16.6. The van der Waals surface area contributed by atoms with E-state index in [1.54, 1.807) is 30.5 Å². The molecule has 2 aliphatic rings. The molecule has 2 fully saturated rings. The number of halogens is 1. The first kappa shape index (κ1) is 20.8. The van der Waals surface area contributed by atoms with Gasteiger partial charge in [0.15, 0.2) is 5.76 Å². The molecule has 1 aromatic carbocycles. The van der Waals surface area contributed by atoms with Gasteiger partial charge in [0.05, 0.1) is 12.9 Å². The van der Waals surface area contributed by atoms with Crippen LogP contribution in [0.3, 0.4) is 0 Å². The van der Waals surface area contributed by atoms with Gasteiger partial charge in [-0.15, -0.1) is 5.10 Å². The Balaban J connectivity index is 1.11. The van der Waals surface area contributed by atoms with Crippen LogP contribution in [0.4, 0.5) is 16.3 Å². The SMILES string of the molecule is Nc1nc(N2CCN3C[C@@H](COc4ccc(F)cc4)CC[C@H]3C2)nc2nc(-c3ccco3)nn12. The van der Waals surface area contributed by atoms with E-state index in [0.717, 1.165) is 39.0 Å². The molecule has 4 aromatic rings. The van der Waals surface area contributed by atoms with Gasteiger partial charge in [-0.05, 0) is 49.2 Å². The normalized spacial score (nSPS) is 21.0. The molecule has 6 rings (SSSR count). The maximum atomic E-state index is 13.1. The highest BCUT2D eigenvalue weighted by Gasteiger charge is 2.34. The van der Waals surface area contributed by atoms with Gasteiger partial charge in [-0.2, -0.15) is 19.5 Å². The monoisotopic (exact) mass is 464 g/mol. The van der Waals surface area contributed by atoms with Gasteiger partial charge in [0.25, 0.3) is 5.78 Å². The summed E-state index contributed by atoms with van der Waals surface area (Å²) in [6.07, 6.45) is 3.72. The number of benzene rings is 1. The van der Waals surface area contributed by atoms with E-state index in [9.17, 15) is 4.39 Å². The molecule has 0 bridgehead atoms. The Morgan fingerprint density at radius 2 is 1.94 bits per heavy atom. The van der Waals surface area contributed by atoms with Crippen LogP contribution >= 0.6 is 0 Å². The molecule has 0 unspecified atom stereocenters. The van der Waals surface area contributed by atoms with Crippen molar-refractivity contribution < 1.29 is 13.5 Å². The van der Waals surface area contributed by atoms with Crippen LogP contribution in [0.2, 0.25) is 0 Å². The summed E-state index contributed by atoms with van der Waals surface area (Å²) in [5.74, 6) is 3.11. The second-order valence-corrected chi connectivity index (χ2v) is 8.81. The van der Waals surface area contributed by atoms with E-state index in [4.69, 9.17) is 14.9 Å². The van der Waals surface area contributed by atoms with E-state index in [1.807, 2.05) is 0 Å². The molecule has 34 heavy (non-hydrogen) atoms. The highest BCUT2D eigenvalue weighted by atomic mass is 19.1. The number of ether oxygens (including phenoxy) is 1. The Hall–Kier alpha value is -3.73. The standard InChI is InChI=1S/C23H25FN8O2/c24-16-4-7-18(8-5-16)34-14-15-3-6-17-13-31(10-9-30(17)12-15)22-27-21(25)32-23(28-22)26-20(29-32)19-2-1-11-33-19/h1-2,4-5,7-8,11,15,17H,3,6,9-10,12-14H2,(H2,25,26,27,28,29)/t15-,17-/m0/s1. The molecule has 5 heterocycles. The number of anilines is 2. The summed E-state index contributed by atoms with van der Waals surface area (Å²) >= 11 is 0. The Morgan fingerprint density at radius 1 is 1.06 bits per heavy atom. The Labute approximate surface area is 195 Å². The largest absolute Gasteiger partial charge is 0.493 e. The molecule has 176 valence electrons. The van der Waals surface area contributed by atoms with Crippen LogP contribution in [0.25, 0.3) is 17.4 Å². The van der Waals surface area contributed by atoms with E-state index in [2.05, 4.69) is 29.9 Å².